The van der Waals surface area contributed by atoms with Gasteiger partial charge in [-0.2, -0.15) is 4.98 Å². The summed E-state index contributed by atoms with van der Waals surface area (Å²) in [4.78, 5) is 4.38. The molecule has 0 bridgehead atoms. The van der Waals surface area contributed by atoms with Crippen LogP contribution < -0.4 is 5.73 Å². The highest BCUT2D eigenvalue weighted by Crippen LogP contribution is 2.30. The normalized spacial score (nSPS) is 23.4. The number of nitrogens with zero attached hydrogens (tertiary/aromatic N) is 2. The van der Waals surface area contributed by atoms with Crippen LogP contribution in [0, 0.1) is 0 Å². The second kappa shape index (κ2) is 4.46. The quantitative estimate of drug-likeness (QED) is 0.919. The smallest absolute Gasteiger partial charge is 0.249 e. The predicted molar refractivity (Wildman–Crippen MR) is 68.7 cm³/mol. The summed E-state index contributed by atoms with van der Waals surface area (Å²) in [6.07, 6.45) is 0.699. The van der Waals surface area contributed by atoms with Crippen molar-refractivity contribution in [2.24, 2.45) is 5.73 Å². The molecule has 94 valence electrons. The van der Waals surface area contributed by atoms with Crippen LogP contribution in [-0.2, 0) is 10.3 Å². The minimum absolute atomic E-state index is 0.421. The molecule has 2 aromatic rings. The zero-order valence-corrected chi connectivity index (χ0v) is 11.2. The summed E-state index contributed by atoms with van der Waals surface area (Å²) in [5.41, 5.74) is 6.41. The van der Waals surface area contributed by atoms with Crippen molar-refractivity contribution in [1.82, 2.24) is 10.1 Å². The molecule has 2 heterocycles. The molecule has 6 heteroatoms. The molecule has 1 aromatic carbocycles. The molecule has 0 aliphatic carbocycles. The first-order valence-corrected chi connectivity index (χ1v) is 6.44. The molecule has 1 aliphatic rings. The molecule has 18 heavy (non-hydrogen) atoms. The molecule has 1 atom stereocenters. The minimum Gasteiger partial charge on any atom is -0.379 e. The summed E-state index contributed by atoms with van der Waals surface area (Å²) in [5.74, 6) is 0.972. The fourth-order valence-corrected chi connectivity index (χ4v) is 2.39. The number of rotatable bonds is 2. The van der Waals surface area contributed by atoms with E-state index in [4.69, 9.17) is 15.0 Å². The Morgan fingerprint density at radius 2 is 2.17 bits per heavy atom. The zero-order chi connectivity index (χ0) is 12.6. The molecule has 0 amide bonds. The average Bonchev–Trinajstić information content (AvgIpc) is 2.99. The van der Waals surface area contributed by atoms with Crippen LogP contribution in [0.25, 0.3) is 11.4 Å². The molecule has 1 aliphatic heterocycles. The van der Waals surface area contributed by atoms with Gasteiger partial charge in [-0.15, -0.1) is 0 Å². The highest BCUT2D eigenvalue weighted by Gasteiger charge is 2.38. The molecule has 1 aromatic heterocycles. The lowest BCUT2D eigenvalue weighted by molar-refractivity contribution is 0.166. The fourth-order valence-electron chi connectivity index (χ4n) is 1.93. The average molecular weight is 310 g/mol. The van der Waals surface area contributed by atoms with Gasteiger partial charge in [-0.05, 0) is 18.6 Å². The van der Waals surface area contributed by atoms with E-state index in [1.807, 2.05) is 24.3 Å². The highest BCUT2D eigenvalue weighted by atomic mass is 79.9. The monoisotopic (exact) mass is 309 g/mol. The van der Waals surface area contributed by atoms with Crippen molar-refractivity contribution >= 4 is 15.9 Å². The van der Waals surface area contributed by atoms with Crippen LogP contribution >= 0.6 is 15.9 Å². The van der Waals surface area contributed by atoms with Gasteiger partial charge in [0.15, 0.2) is 0 Å². The Hall–Kier alpha value is -1.24. The van der Waals surface area contributed by atoms with Crippen LogP contribution in [0.1, 0.15) is 12.3 Å². The molecule has 5 nitrogen and oxygen atoms in total. The Bertz CT molecular complexity index is 564. The van der Waals surface area contributed by atoms with Crippen LogP contribution in [0.2, 0.25) is 0 Å². The van der Waals surface area contributed by atoms with E-state index in [0.717, 1.165) is 10.0 Å². The highest BCUT2D eigenvalue weighted by molar-refractivity contribution is 9.10. The third-order valence-electron chi connectivity index (χ3n) is 3.02. The summed E-state index contributed by atoms with van der Waals surface area (Å²) in [6.45, 7) is 1.05. The van der Waals surface area contributed by atoms with Gasteiger partial charge in [0.05, 0.1) is 6.61 Å². The zero-order valence-electron chi connectivity index (χ0n) is 9.60. The molecule has 0 saturated carbocycles. The lowest BCUT2D eigenvalue weighted by atomic mass is 10.0. The molecule has 0 spiro atoms. The van der Waals surface area contributed by atoms with Gasteiger partial charge in [-0.3, -0.25) is 0 Å². The second-order valence-electron chi connectivity index (χ2n) is 4.36. The number of hydrogen-bond donors (Lipinski definition) is 1. The molecule has 3 rings (SSSR count). The van der Waals surface area contributed by atoms with Crippen molar-refractivity contribution in [3.05, 3.63) is 34.6 Å². The first-order chi connectivity index (χ1) is 8.69. The third-order valence-corrected chi connectivity index (χ3v) is 3.71. The van der Waals surface area contributed by atoms with Crippen molar-refractivity contribution in [1.29, 1.82) is 0 Å². The molecule has 1 fully saturated rings. The lowest BCUT2D eigenvalue weighted by Crippen LogP contribution is -2.37. The van der Waals surface area contributed by atoms with Gasteiger partial charge >= 0.3 is 0 Å². The van der Waals surface area contributed by atoms with E-state index >= 15 is 0 Å². The molecule has 1 saturated heterocycles. The van der Waals surface area contributed by atoms with Gasteiger partial charge in [0.2, 0.25) is 11.7 Å². The minimum atomic E-state index is -0.646. The van der Waals surface area contributed by atoms with E-state index in [-0.39, 0.29) is 0 Å². The Morgan fingerprint density at radius 3 is 2.89 bits per heavy atom. The van der Waals surface area contributed by atoms with Crippen molar-refractivity contribution < 1.29 is 9.26 Å². The summed E-state index contributed by atoms with van der Waals surface area (Å²) in [5, 5.41) is 3.99. The van der Waals surface area contributed by atoms with Crippen molar-refractivity contribution in [3.63, 3.8) is 0 Å². The van der Waals surface area contributed by atoms with Gasteiger partial charge in [0.25, 0.3) is 0 Å². The summed E-state index contributed by atoms with van der Waals surface area (Å²) < 4.78 is 11.5. The van der Waals surface area contributed by atoms with Crippen LogP contribution in [0.15, 0.2) is 33.3 Å². The predicted octanol–water partition coefficient (Wildman–Crippen LogP) is 2.07. The van der Waals surface area contributed by atoms with E-state index in [9.17, 15) is 0 Å². The lowest BCUT2D eigenvalue weighted by Gasteiger charge is -2.14. The van der Waals surface area contributed by atoms with Crippen LogP contribution in [0.5, 0.6) is 0 Å². The van der Waals surface area contributed by atoms with Crippen LogP contribution in [-0.4, -0.2) is 23.4 Å². The fraction of sp³-hybridized carbons (Fsp3) is 0.333. The maximum atomic E-state index is 6.18. The largest absolute Gasteiger partial charge is 0.379 e. The molecule has 2 N–H and O–H groups in total. The van der Waals surface area contributed by atoms with Gasteiger partial charge in [0.1, 0.15) is 5.54 Å². The molecule has 0 radical (unpaired) electrons. The van der Waals surface area contributed by atoms with E-state index in [1.54, 1.807) is 0 Å². The molecular weight excluding hydrogens is 298 g/mol. The van der Waals surface area contributed by atoms with Gasteiger partial charge < -0.3 is 15.0 Å². The van der Waals surface area contributed by atoms with Crippen molar-refractivity contribution in [3.8, 4) is 11.4 Å². The van der Waals surface area contributed by atoms with E-state index < -0.39 is 5.54 Å². The van der Waals surface area contributed by atoms with Crippen LogP contribution in [0.4, 0.5) is 0 Å². The Kier molecular flexibility index (Phi) is 2.93. The number of halogens is 1. The summed E-state index contributed by atoms with van der Waals surface area (Å²) in [7, 11) is 0. The van der Waals surface area contributed by atoms with Gasteiger partial charge in [-0.1, -0.05) is 33.2 Å². The molecule has 1 unspecified atom stereocenters. The van der Waals surface area contributed by atoms with Crippen molar-refractivity contribution in [2.75, 3.05) is 13.2 Å². The standard InChI is InChI=1S/C12H12BrN3O2/c13-9-4-2-1-3-8(9)10-15-11(18-16-10)12(14)5-6-17-7-12/h1-4H,5-7,14H2. The maximum Gasteiger partial charge on any atom is 0.249 e. The first kappa shape index (κ1) is 11.8. The number of ether oxygens (including phenoxy) is 1. The third kappa shape index (κ3) is 1.96. The SMILES string of the molecule is NC1(c2nc(-c3ccccc3Br)no2)CCOC1. The number of hydrogen-bond acceptors (Lipinski definition) is 5. The summed E-state index contributed by atoms with van der Waals surface area (Å²) in [6, 6.07) is 7.71. The van der Waals surface area contributed by atoms with Gasteiger partial charge in [0, 0.05) is 16.6 Å². The number of aromatic nitrogens is 2. The van der Waals surface area contributed by atoms with E-state index in [0.29, 0.717) is 31.3 Å². The van der Waals surface area contributed by atoms with E-state index in [2.05, 4.69) is 26.1 Å². The Morgan fingerprint density at radius 1 is 1.33 bits per heavy atom. The van der Waals surface area contributed by atoms with Crippen molar-refractivity contribution in [2.45, 2.75) is 12.0 Å². The Balaban J connectivity index is 1.97. The van der Waals surface area contributed by atoms with E-state index in [1.165, 1.54) is 0 Å². The van der Waals surface area contributed by atoms with Crippen LogP contribution in [0.3, 0.4) is 0 Å². The number of nitrogens with two attached hydrogens (primary N) is 1. The molecular formula is C12H12BrN3O2. The maximum absolute atomic E-state index is 6.18. The topological polar surface area (TPSA) is 74.2 Å². The number of benzene rings is 1. The Labute approximate surface area is 112 Å². The van der Waals surface area contributed by atoms with Gasteiger partial charge in [-0.25, -0.2) is 0 Å². The second-order valence-corrected chi connectivity index (χ2v) is 5.22. The first-order valence-electron chi connectivity index (χ1n) is 5.65. The summed E-state index contributed by atoms with van der Waals surface area (Å²) >= 11 is 3.46.